The molecule has 0 spiro atoms. The van der Waals surface area contributed by atoms with Gasteiger partial charge in [-0.15, -0.1) is 0 Å². The summed E-state index contributed by atoms with van der Waals surface area (Å²) in [5.74, 6) is 1.86. The Hall–Kier alpha value is -0.570. The van der Waals surface area contributed by atoms with Gasteiger partial charge in [0, 0.05) is 12.6 Å². The summed E-state index contributed by atoms with van der Waals surface area (Å²) in [4.78, 5) is 12.1. The fourth-order valence-electron chi connectivity index (χ4n) is 3.39. The molecule has 0 aromatic rings. The molecule has 2 unspecified atom stereocenters. The normalized spacial score (nSPS) is 37.2. The standard InChI is InChI=1S/C15H28N2O/c1-11-6-8-12(9-7-11)10-17-15(18)13-4-2-3-5-14(13)16/h11-14H,2-10,16H2,1H3,(H,17,18). The van der Waals surface area contributed by atoms with Crippen LogP contribution in [0, 0.1) is 17.8 Å². The molecule has 2 aliphatic rings. The van der Waals surface area contributed by atoms with Crippen molar-refractivity contribution < 1.29 is 4.79 Å². The lowest BCUT2D eigenvalue weighted by molar-refractivity contribution is -0.126. The molecular formula is C15H28N2O. The second-order valence-corrected chi connectivity index (χ2v) is 6.43. The van der Waals surface area contributed by atoms with E-state index in [0.717, 1.165) is 31.7 Å². The highest BCUT2D eigenvalue weighted by atomic mass is 16.1. The predicted octanol–water partition coefficient (Wildman–Crippen LogP) is 2.45. The van der Waals surface area contributed by atoms with Crippen molar-refractivity contribution in [2.45, 2.75) is 64.3 Å². The number of rotatable bonds is 3. The van der Waals surface area contributed by atoms with E-state index in [4.69, 9.17) is 5.73 Å². The summed E-state index contributed by atoms with van der Waals surface area (Å²) >= 11 is 0. The van der Waals surface area contributed by atoms with Crippen LogP contribution in [0.2, 0.25) is 0 Å². The first-order chi connectivity index (χ1) is 8.66. The van der Waals surface area contributed by atoms with Gasteiger partial charge < -0.3 is 11.1 Å². The topological polar surface area (TPSA) is 55.1 Å². The highest BCUT2D eigenvalue weighted by Crippen LogP contribution is 2.28. The maximum absolute atomic E-state index is 12.1. The summed E-state index contributed by atoms with van der Waals surface area (Å²) < 4.78 is 0. The maximum atomic E-state index is 12.1. The highest BCUT2D eigenvalue weighted by molar-refractivity contribution is 5.79. The monoisotopic (exact) mass is 252 g/mol. The molecular weight excluding hydrogens is 224 g/mol. The smallest absolute Gasteiger partial charge is 0.224 e. The molecule has 2 fully saturated rings. The third-order valence-corrected chi connectivity index (χ3v) is 4.86. The largest absolute Gasteiger partial charge is 0.356 e. The summed E-state index contributed by atoms with van der Waals surface area (Å²) in [5, 5.41) is 3.15. The van der Waals surface area contributed by atoms with Gasteiger partial charge in [0.05, 0.1) is 5.92 Å². The molecule has 0 bridgehead atoms. The van der Waals surface area contributed by atoms with Gasteiger partial charge >= 0.3 is 0 Å². The first-order valence-electron chi connectivity index (χ1n) is 7.70. The number of nitrogens with one attached hydrogen (secondary N) is 1. The molecule has 3 nitrogen and oxygen atoms in total. The van der Waals surface area contributed by atoms with Crippen LogP contribution in [0.15, 0.2) is 0 Å². The number of nitrogens with two attached hydrogens (primary N) is 1. The van der Waals surface area contributed by atoms with E-state index in [-0.39, 0.29) is 17.9 Å². The molecule has 3 N–H and O–H groups in total. The Bertz CT molecular complexity index is 272. The zero-order valence-corrected chi connectivity index (χ0v) is 11.7. The summed E-state index contributed by atoms with van der Waals surface area (Å²) in [6.45, 7) is 3.20. The van der Waals surface area contributed by atoms with Gasteiger partial charge in [0.15, 0.2) is 0 Å². The van der Waals surface area contributed by atoms with Gasteiger partial charge in [-0.1, -0.05) is 32.6 Å². The van der Waals surface area contributed by atoms with Crippen LogP contribution in [0.25, 0.3) is 0 Å². The van der Waals surface area contributed by atoms with Crippen molar-refractivity contribution in [2.24, 2.45) is 23.5 Å². The first kappa shape index (κ1) is 13.9. The van der Waals surface area contributed by atoms with E-state index >= 15 is 0 Å². The molecule has 0 radical (unpaired) electrons. The number of carbonyl (C=O) groups excluding carboxylic acids is 1. The average Bonchev–Trinajstić information content (AvgIpc) is 2.38. The second-order valence-electron chi connectivity index (χ2n) is 6.43. The van der Waals surface area contributed by atoms with Crippen LogP contribution in [0.4, 0.5) is 0 Å². The van der Waals surface area contributed by atoms with Crippen molar-refractivity contribution in [2.75, 3.05) is 6.54 Å². The zero-order chi connectivity index (χ0) is 13.0. The zero-order valence-electron chi connectivity index (χ0n) is 11.7. The van der Waals surface area contributed by atoms with Crippen LogP contribution in [0.1, 0.15) is 58.3 Å². The number of amides is 1. The fourth-order valence-corrected chi connectivity index (χ4v) is 3.39. The van der Waals surface area contributed by atoms with E-state index in [0.29, 0.717) is 5.92 Å². The summed E-state index contributed by atoms with van der Waals surface area (Å²) in [6, 6.07) is 0.0881. The third-order valence-electron chi connectivity index (χ3n) is 4.86. The lowest BCUT2D eigenvalue weighted by atomic mass is 9.82. The molecule has 1 amide bonds. The third kappa shape index (κ3) is 3.71. The van der Waals surface area contributed by atoms with Crippen molar-refractivity contribution in [3.05, 3.63) is 0 Å². The lowest BCUT2D eigenvalue weighted by Gasteiger charge is -2.30. The summed E-state index contributed by atoms with van der Waals surface area (Å²) in [7, 11) is 0. The van der Waals surface area contributed by atoms with Gasteiger partial charge in [-0.3, -0.25) is 4.79 Å². The van der Waals surface area contributed by atoms with E-state index in [1.165, 1.54) is 32.1 Å². The maximum Gasteiger partial charge on any atom is 0.224 e. The predicted molar refractivity (Wildman–Crippen MR) is 74.1 cm³/mol. The van der Waals surface area contributed by atoms with Gasteiger partial charge in [-0.05, 0) is 37.5 Å². The molecule has 3 heteroatoms. The van der Waals surface area contributed by atoms with E-state index in [2.05, 4.69) is 12.2 Å². The SMILES string of the molecule is CC1CCC(CNC(=O)C2CCCCC2N)CC1. The van der Waals surface area contributed by atoms with Crippen molar-refractivity contribution in [1.29, 1.82) is 0 Å². The molecule has 0 aromatic heterocycles. The molecule has 0 saturated heterocycles. The average molecular weight is 252 g/mol. The van der Waals surface area contributed by atoms with Crippen molar-refractivity contribution in [1.82, 2.24) is 5.32 Å². The van der Waals surface area contributed by atoms with E-state index in [1.807, 2.05) is 0 Å². The van der Waals surface area contributed by atoms with E-state index < -0.39 is 0 Å². The quantitative estimate of drug-likeness (QED) is 0.810. The molecule has 0 aromatic carbocycles. The van der Waals surface area contributed by atoms with Crippen LogP contribution in [-0.4, -0.2) is 18.5 Å². The molecule has 0 aliphatic heterocycles. The molecule has 0 heterocycles. The van der Waals surface area contributed by atoms with Crippen LogP contribution in [-0.2, 0) is 4.79 Å². The number of hydrogen-bond acceptors (Lipinski definition) is 2. The summed E-state index contributed by atoms with van der Waals surface area (Å²) in [6.07, 6.45) is 9.54. The molecule has 2 saturated carbocycles. The first-order valence-corrected chi connectivity index (χ1v) is 7.70. The highest BCUT2D eigenvalue weighted by Gasteiger charge is 2.28. The number of carbonyl (C=O) groups is 1. The Morgan fingerprint density at radius 3 is 2.44 bits per heavy atom. The van der Waals surface area contributed by atoms with Gasteiger partial charge in [0.1, 0.15) is 0 Å². The Balaban J connectivity index is 1.71. The molecule has 104 valence electrons. The molecule has 18 heavy (non-hydrogen) atoms. The van der Waals surface area contributed by atoms with Crippen molar-refractivity contribution in [3.63, 3.8) is 0 Å². The van der Waals surface area contributed by atoms with Gasteiger partial charge in [-0.25, -0.2) is 0 Å². The van der Waals surface area contributed by atoms with E-state index in [9.17, 15) is 4.79 Å². The molecule has 2 atom stereocenters. The molecule has 2 aliphatic carbocycles. The van der Waals surface area contributed by atoms with Gasteiger partial charge in [-0.2, -0.15) is 0 Å². The Morgan fingerprint density at radius 2 is 1.78 bits per heavy atom. The Kier molecular flexibility index (Phi) is 5.04. The van der Waals surface area contributed by atoms with E-state index in [1.54, 1.807) is 0 Å². The minimum Gasteiger partial charge on any atom is -0.356 e. The minimum absolute atomic E-state index is 0.0706. The molecule has 2 rings (SSSR count). The minimum atomic E-state index is 0.0706. The van der Waals surface area contributed by atoms with Crippen LogP contribution in [0.5, 0.6) is 0 Å². The fraction of sp³-hybridized carbons (Fsp3) is 0.933. The lowest BCUT2D eigenvalue weighted by Crippen LogP contribution is -2.45. The Labute approximate surface area is 111 Å². The van der Waals surface area contributed by atoms with Gasteiger partial charge in [0.25, 0.3) is 0 Å². The van der Waals surface area contributed by atoms with Crippen LogP contribution >= 0.6 is 0 Å². The second kappa shape index (κ2) is 6.55. The number of hydrogen-bond donors (Lipinski definition) is 2. The van der Waals surface area contributed by atoms with Crippen LogP contribution in [0.3, 0.4) is 0 Å². The summed E-state index contributed by atoms with van der Waals surface area (Å²) in [5.41, 5.74) is 6.05. The van der Waals surface area contributed by atoms with Crippen LogP contribution < -0.4 is 11.1 Å². The van der Waals surface area contributed by atoms with Crippen molar-refractivity contribution >= 4 is 5.91 Å². The Morgan fingerprint density at radius 1 is 1.11 bits per heavy atom. The van der Waals surface area contributed by atoms with Gasteiger partial charge in [0.2, 0.25) is 5.91 Å². The van der Waals surface area contributed by atoms with Crippen molar-refractivity contribution in [3.8, 4) is 0 Å².